The third-order valence-electron chi connectivity index (χ3n) is 3.67. The summed E-state index contributed by atoms with van der Waals surface area (Å²) < 4.78 is 1.58. The largest absolute Gasteiger partial charge is 0.269 e. The van der Waals surface area contributed by atoms with Crippen molar-refractivity contribution >= 4 is 11.3 Å². The molecule has 0 saturated carbocycles. The average Bonchev–Trinajstić information content (AvgIpc) is 3.07. The number of rotatable bonds is 6. The Balaban J connectivity index is 1.67. The maximum Gasteiger partial charge on any atom is 0.269 e. The van der Waals surface area contributed by atoms with Crippen LogP contribution in [0.3, 0.4) is 0 Å². The summed E-state index contributed by atoms with van der Waals surface area (Å²) in [5.41, 5.74) is 2.10. The summed E-state index contributed by atoms with van der Waals surface area (Å²) >= 11 is 1.74. The van der Waals surface area contributed by atoms with Gasteiger partial charge in [-0.15, -0.1) is 11.3 Å². The molecular weight excluding hydrogens is 292 g/mol. The maximum atomic E-state index is 12.5. The molecule has 3 nitrogen and oxygen atoms in total. The fourth-order valence-electron chi connectivity index (χ4n) is 2.44. The first kappa shape index (κ1) is 14.7. The lowest BCUT2D eigenvalue weighted by Crippen LogP contribution is -2.26. The predicted molar refractivity (Wildman–Crippen MR) is 90.4 cm³/mol. The van der Waals surface area contributed by atoms with E-state index < -0.39 is 0 Å². The normalized spacial score (nSPS) is 10.7. The maximum absolute atomic E-state index is 12.5. The van der Waals surface area contributed by atoms with Crippen LogP contribution < -0.4 is 5.56 Å². The van der Waals surface area contributed by atoms with E-state index in [1.807, 2.05) is 30.3 Å². The van der Waals surface area contributed by atoms with E-state index in [2.05, 4.69) is 28.7 Å². The molecule has 3 rings (SSSR count). The van der Waals surface area contributed by atoms with E-state index in [4.69, 9.17) is 0 Å². The molecule has 4 heteroatoms. The van der Waals surface area contributed by atoms with Gasteiger partial charge in [0.25, 0.3) is 5.56 Å². The highest BCUT2D eigenvalue weighted by Crippen LogP contribution is 2.11. The number of benzene rings is 1. The van der Waals surface area contributed by atoms with E-state index >= 15 is 0 Å². The molecule has 0 radical (unpaired) electrons. The SMILES string of the molecule is O=c1c(CCc2cccs2)ccnn1CCc1ccccc1. The Bertz CT molecular complexity index is 763. The van der Waals surface area contributed by atoms with Crippen LogP contribution in [0.15, 0.2) is 64.9 Å². The first-order chi connectivity index (χ1) is 10.8. The van der Waals surface area contributed by atoms with Crippen molar-refractivity contribution in [2.75, 3.05) is 0 Å². The van der Waals surface area contributed by atoms with Gasteiger partial charge in [-0.2, -0.15) is 5.10 Å². The third kappa shape index (κ3) is 3.71. The van der Waals surface area contributed by atoms with Crippen LogP contribution in [0.1, 0.15) is 16.0 Å². The lowest BCUT2D eigenvalue weighted by atomic mass is 10.1. The molecule has 0 fully saturated rings. The summed E-state index contributed by atoms with van der Waals surface area (Å²) in [5.74, 6) is 0. The van der Waals surface area contributed by atoms with Gasteiger partial charge >= 0.3 is 0 Å². The summed E-state index contributed by atoms with van der Waals surface area (Å²) in [4.78, 5) is 13.8. The van der Waals surface area contributed by atoms with E-state index in [1.54, 1.807) is 22.2 Å². The smallest absolute Gasteiger partial charge is 0.268 e. The molecule has 0 spiro atoms. The molecular formula is C18H18N2OS. The zero-order valence-electron chi connectivity index (χ0n) is 12.3. The molecule has 0 amide bonds. The van der Waals surface area contributed by atoms with Gasteiger partial charge in [0, 0.05) is 23.2 Å². The van der Waals surface area contributed by atoms with Crippen molar-refractivity contribution in [1.82, 2.24) is 9.78 Å². The lowest BCUT2D eigenvalue weighted by Gasteiger charge is -2.07. The highest BCUT2D eigenvalue weighted by Gasteiger charge is 2.05. The second-order valence-electron chi connectivity index (χ2n) is 5.20. The zero-order valence-corrected chi connectivity index (χ0v) is 13.1. The van der Waals surface area contributed by atoms with Crippen LogP contribution in [0.5, 0.6) is 0 Å². The Morgan fingerprint density at radius 2 is 1.82 bits per heavy atom. The van der Waals surface area contributed by atoms with E-state index in [0.717, 1.165) is 24.8 Å². The number of nitrogens with zero attached hydrogens (tertiary/aromatic N) is 2. The fourth-order valence-corrected chi connectivity index (χ4v) is 3.14. The summed E-state index contributed by atoms with van der Waals surface area (Å²) in [5, 5.41) is 6.28. The minimum absolute atomic E-state index is 0.0370. The van der Waals surface area contributed by atoms with Crippen LogP contribution in [0, 0.1) is 0 Å². The van der Waals surface area contributed by atoms with Gasteiger partial charge in [0.15, 0.2) is 0 Å². The second-order valence-corrected chi connectivity index (χ2v) is 6.23. The number of hydrogen-bond acceptors (Lipinski definition) is 3. The Kier molecular flexibility index (Phi) is 4.81. The van der Waals surface area contributed by atoms with Gasteiger partial charge in [0.05, 0.1) is 0 Å². The predicted octanol–water partition coefficient (Wildman–Crippen LogP) is 3.33. The second kappa shape index (κ2) is 7.18. The Morgan fingerprint density at radius 1 is 0.955 bits per heavy atom. The Morgan fingerprint density at radius 3 is 2.59 bits per heavy atom. The fraction of sp³-hybridized carbons (Fsp3) is 0.222. The molecule has 1 aromatic carbocycles. The molecule has 3 aromatic rings. The number of thiophene rings is 1. The van der Waals surface area contributed by atoms with Crippen molar-refractivity contribution in [2.24, 2.45) is 0 Å². The molecule has 0 unspecified atom stereocenters. The van der Waals surface area contributed by atoms with Gasteiger partial charge < -0.3 is 0 Å². The highest BCUT2D eigenvalue weighted by molar-refractivity contribution is 7.09. The van der Waals surface area contributed by atoms with Crippen molar-refractivity contribution in [3.8, 4) is 0 Å². The molecule has 112 valence electrons. The lowest BCUT2D eigenvalue weighted by molar-refractivity contribution is 0.570. The van der Waals surface area contributed by atoms with Crippen molar-refractivity contribution in [3.05, 3.63) is 86.5 Å². The van der Waals surface area contributed by atoms with Crippen LogP contribution in [0.25, 0.3) is 0 Å². The highest BCUT2D eigenvalue weighted by atomic mass is 32.1. The summed E-state index contributed by atoms with van der Waals surface area (Å²) in [6, 6.07) is 16.2. The van der Waals surface area contributed by atoms with Crippen molar-refractivity contribution < 1.29 is 0 Å². The molecule has 22 heavy (non-hydrogen) atoms. The van der Waals surface area contributed by atoms with Gasteiger partial charge in [0.1, 0.15) is 0 Å². The van der Waals surface area contributed by atoms with Gasteiger partial charge in [-0.3, -0.25) is 4.79 Å². The topological polar surface area (TPSA) is 34.9 Å². The van der Waals surface area contributed by atoms with Crippen LogP contribution >= 0.6 is 11.3 Å². The van der Waals surface area contributed by atoms with Gasteiger partial charge in [-0.05, 0) is 42.3 Å². The average molecular weight is 310 g/mol. The van der Waals surface area contributed by atoms with Crippen LogP contribution in [-0.4, -0.2) is 9.78 Å². The van der Waals surface area contributed by atoms with E-state index in [-0.39, 0.29) is 5.56 Å². The Hall–Kier alpha value is -2.20. The molecule has 0 atom stereocenters. The van der Waals surface area contributed by atoms with E-state index in [1.165, 1.54) is 10.4 Å². The number of aryl methyl sites for hydroxylation is 4. The van der Waals surface area contributed by atoms with Gasteiger partial charge in [-0.25, -0.2) is 4.68 Å². The minimum Gasteiger partial charge on any atom is -0.268 e. The quantitative estimate of drug-likeness (QED) is 0.700. The minimum atomic E-state index is 0.0370. The number of hydrogen-bond donors (Lipinski definition) is 0. The third-order valence-corrected chi connectivity index (χ3v) is 4.60. The first-order valence-electron chi connectivity index (χ1n) is 7.44. The van der Waals surface area contributed by atoms with Crippen LogP contribution in [-0.2, 0) is 25.8 Å². The van der Waals surface area contributed by atoms with E-state index in [9.17, 15) is 4.79 Å². The zero-order chi connectivity index (χ0) is 15.2. The molecule has 0 aliphatic rings. The summed E-state index contributed by atoms with van der Waals surface area (Å²) in [6.07, 6.45) is 4.24. The van der Waals surface area contributed by atoms with Crippen molar-refractivity contribution in [1.29, 1.82) is 0 Å². The van der Waals surface area contributed by atoms with Gasteiger partial charge in [0.2, 0.25) is 0 Å². The van der Waals surface area contributed by atoms with Crippen LogP contribution in [0.2, 0.25) is 0 Å². The Labute approximate surface area is 133 Å². The molecule has 0 bridgehead atoms. The number of aromatic nitrogens is 2. The summed E-state index contributed by atoms with van der Waals surface area (Å²) in [7, 11) is 0. The van der Waals surface area contributed by atoms with E-state index in [0.29, 0.717) is 6.54 Å². The molecule has 2 heterocycles. The molecule has 0 aliphatic heterocycles. The standard InChI is InChI=1S/C18H18N2OS/c21-18-16(8-9-17-7-4-14-22-17)10-12-19-20(18)13-11-15-5-2-1-3-6-15/h1-7,10,12,14H,8-9,11,13H2. The molecule has 0 N–H and O–H groups in total. The monoisotopic (exact) mass is 310 g/mol. The molecule has 0 aliphatic carbocycles. The van der Waals surface area contributed by atoms with Gasteiger partial charge in [-0.1, -0.05) is 36.4 Å². The molecule has 0 saturated heterocycles. The van der Waals surface area contributed by atoms with Crippen LogP contribution in [0.4, 0.5) is 0 Å². The first-order valence-corrected chi connectivity index (χ1v) is 8.32. The molecule has 2 aromatic heterocycles. The summed E-state index contributed by atoms with van der Waals surface area (Å²) in [6.45, 7) is 0.621. The van der Waals surface area contributed by atoms with Crippen molar-refractivity contribution in [2.45, 2.75) is 25.8 Å². The van der Waals surface area contributed by atoms with Crippen molar-refractivity contribution in [3.63, 3.8) is 0 Å².